The first-order valence-electron chi connectivity index (χ1n) is 4.41. The average molecular weight is 284 g/mol. The lowest BCUT2D eigenvalue weighted by Gasteiger charge is -2.10. The summed E-state index contributed by atoms with van der Waals surface area (Å²) in [5, 5.41) is 0. The van der Waals surface area contributed by atoms with E-state index < -0.39 is 27.3 Å². The van der Waals surface area contributed by atoms with Gasteiger partial charge in [-0.05, 0) is 12.1 Å². The Kier molecular flexibility index (Phi) is 3.85. The second-order valence-corrected chi connectivity index (χ2v) is 4.59. The molecule has 1 rings (SSSR count). The summed E-state index contributed by atoms with van der Waals surface area (Å²) >= 11 is 0. The van der Waals surface area contributed by atoms with Gasteiger partial charge in [-0.3, -0.25) is 4.79 Å². The minimum Gasteiger partial charge on any atom is -0.427 e. The fourth-order valence-corrected chi connectivity index (χ4v) is 1.38. The Morgan fingerprint density at radius 1 is 1.22 bits per heavy atom. The summed E-state index contributed by atoms with van der Waals surface area (Å²) in [6.45, 7) is 1.08. The van der Waals surface area contributed by atoms with Crippen LogP contribution in [0.5, 0.6) is 11.5 Å². The van der Waals surface area contributed by atoms with Crippen LogP contribution in [0.2, 0.25) is 0 Å². The molecule has 0 saturated carbocycles. The lowest BCUT2D eigenvalue weighted by atomic mass is 10.3. The molecule has 0 aromatic heterocycles. The first-order chi connectivity index (χ1) is 8.12. The topological polar surface area (TPSA) is 69.7 Å². The molecule has 0 bridgehead atoms. The Morgan fingerprint density at radius 2 is 1.78 bits per heavy atom. The summed E-state index contributed by atoms with van der Waals surface area (Å²) in [5.41, 5.74) is -5.52. The zero-order chi connectivity index (χ0) is 14.0. The molecule has 0 saturated heterocycles. The molecule has 0 aliphatic heterocycles. The van der Waals surface area contributed by atoms with Crippen molar-refractivity contribution in [3.8, 4) is 11.5 Å². The van der Waals surface area contributed by atoms with Crippen molar-refractivity contribution in [3.63, 3.8) is 0 Å². The molecule has 0 N–H and O–H groups in total. The van der Waals surface area contributed by atoms with Gasteiger partial charge in [0.15, 0.2) is 0 Å². The molecule has 0 aliphatic rings. The summed E-state index contributed by atoms with van der Waals surface area (Å²) in [5.74, 6) is -1.44. The predicted octanol–water partition coefficient (Wildman–Crippen LogP) is 1.84. The van der Waals surface area contributed by atoms with E-state index in [1.165, 1.54) is 12.1 Å². The van der Waals surface area contributed by atoms with Crippen LogP contribution in [-0.4, -0.2) is 19.9 Å². The maximum absolute atomic E-state index is 12.0. The minimum atomic E-state index is -5.74. The van der Waals surface area contributed by atoms with Gasteiger partial charge in [0.05, 0.1) is 0 Å². The molecule has 0 aliphatic carbocycles. The molecule has 100 valence electrons. The highest BCUT2D eigenvalue weighted by molar-refractivity contribution is 7.87. The zero-order valence-corrected chi connectivity index (χ0v) is 9.71. The molecular weight excluding hydrogens is 277 g/mol. The number of hydrogen-bond donors (Lipinski definition) is 0. The first-order valence-corrected chi connectivity index (χ1v) is 5.82. The van der Waals surface area contributed by atoms with Crippen LogP contribution in [0.1, 0.15) is 6.92 Å². The Morgan fingerprint density at radius 3 is 2.28 bits per heavy atom. The van der Waals surface area contributed by atoms with E-state index in [0.29, 0.717) is 0 Å². The van der Waals surface area contributed by atoms with Crippen molar-refractivity contribution in [2.75, 3.05) is 0 Å². The highest BCUT2D eigenvalue weighted by Crippen LogP contribution is 2.28. The summed E-state index contributed by atoms with van der Waals surface area (Å²) in [6, 6.07) is 4.27. The van der Waals surface area contributed by atoms with Gasteiger partial charge in [0, 0.05) is 13.0 Å². The SMILES string of the molecule is CC(=O)Oc1cccc(OS(=O)(=O)C(F)(F)F)c1. The fourth-order valence-electron chi connectivity index (χ4n) is 0.929. The van der Waals surface area contributed by atoms with Crippen molar-refractivity contribution in [2.45, 2.75) is 12.4 Å². The number of halogens is 3. The minimum absolute atomic E-state index is 0.127. The van der Waals surface area contributed by atoms with Gasteiger partial charge in [-0.1, -0.05) is 6.07 Å². The van der Waals surface area contributed by atoms with Crippen LogP contribution in [0.4, 0.5) is 13.2 Å². The summed E-state index contributed by atoms with van der Waals surface area (Å²) in [6.07, 6.45) is 0. The van der Waals surface area contributed by atoms with Crippen LogP contribution in [-0.2, 0) is 14.9 Å². The number of alkyl halides is 3. The Balaban J connectivity index is 2.96. The second-order valence-electron chi connectivity index (χ2n) is 3.05. The van der Waals surface area contributed by atoms with Gasteiger partial charge < -0.3 is 8.92 Å². The number of rotatable bonds is 3. The Hall–Kier alpha value is -1.77. The summed E-state index contributed by atoms with van der Waals surface area (Å²) in [7, 11) is -5.74. The van der Waals surface area contributed by atoms with Gasteiger partial charge >= 0.3 is 21.6 Å². The average Bonchev–Trinajstić information content (AvgIpc) is 2.14. The van der Waals surface area contributed by atoms with E-state index >= 15 is 0 Å². The number of carbonyl (C=O) groups is 1. The molecule has 5 nitrogen and oxygen atoms in total. The number of benzene rings is 1. The molecule has 0 atom stereocenters. The van der Waals surface area contributed by atoms with Crippen LogP contribution in [0, 0.1) is 0 Å². The third-order valence-corrected chi connectivity index (χ3v) is 2.54. The zero-order valence-electron chi connectivity index (χ0n) is 8.89. The molecule has 0 unspecified atom stereocenters. The van der Waals surface area contributed by atoms with E-state index in [2.05, 4.69) is 8.92 Å². The lowest BCUT2D eigenvalue weighted by Crippen LogP contribution is -2.28. The van der Waals surface area contributed by atoms with Crippen molar-refractivity contribution in [2.24, 2.45) is 0 Å². The lowest BCUT2D eigenvalue weighted by molar-refractivity contribution is -0.131. The number of esters is 1. The van der Waals surface area contributed by atoms with E-state index in [4.69, 9.17) is 0 Å². The Bertz CT molecular complexity index is 550. The van der Waals surface area contributed by atoms with E-state index in [1.54, 1.807) is 0 Å². The smallest absolute Gasteiger partial charge is 0.427 e. The molecule has 1 aromatic rings. The van der Waals surface area contributed by atoms with E-state index in [9.17, 15) is 26.4 Å². The first kappa shape index (κ1) is 14.3. The highest BCUT2D eigenvalue weighted by atomic mass is 32.2. The number of carbonyl (C=O) groups excluding carboxylic acids is 1. The van der Waals surface area contributed by atoms with Gasteiger partial charge in [-0.2, -0.15) is 21.6 Å². The highest BCUT2D eigenvalue weighted by Gasteiger charge is 2.48. The van der Waals surface area contributed by atoms with Crippen LogP contribution in [0.3, 0.4) is 0 Å². The molecule has 0 radical (unpaired) electrons. The molecule has 18 heavy (non-hydrogen) atoms. The Labute approximate surface area is 100 Å². The van der Waals surface area contributed by atoms with Crippen molar-refractivity contribution in [1.82, 2.24) is 0 Å². The molecule has 0 fully saturated rings. The maximum atomic E-state index is 12.0. The quantitative estimate of drug-likeness (QED) is 0.366. The molecular formula is C9H7F3O5S. The molecule has 0 amide bonds. The fraction of sp³-hybridized carbons (Fsp3) is 0.222. The third-order valence-electron chi connectivity index (χ3n) is 1.56. The second kappa shape index (κ2) is 4.84. The van der Waals surface area contributed by atoms with Gasteiger partial charge in [0.1, 0.15) is 11.5 Å². The predicted molar refractivity (Wildman–Crippen MR) is 53.4 cm³/mol. The van der Waals surface area contributed by atoms with Crippen molar-refractivity contribution in [3.05, 3.63) is 24.3 Å². The van der Waals surface area contributed by atoms with Gasteiger partial charge in [0.25, 0.3) is 0 Å². The standard InChI is InChI=1S/C9H7F3O5S/c1-6(13)16-7-3-2-4-8(5-7)17-18(14,15)9(10,11)12/h2-5H,1H3. The van der Waals surface area contributed by atoms with Gasteiger partial charge in [-0.15, -0.1) is 0 Å². The van der Waals surface area contributed by atoms with E-state index in [-0.39, 0.29) is 5.75 Å². The third kappa shape index (κ3) is 3.62. The van der Waals surface area contributed by atoms with Gasteiger partial charge in [0.2, 0.25) is 0 Å². The summed E-state index contributed by atoms with van der Waals surface area (Å²) < 4.78 is 65.9. The van der Waals surface area contributed by atoms with E-state index in [1.807, 2.05) is 0 Å². The van der Waals surface area contributed by atoms with Crippen LogP contribution >= 0.6 is 0 Å². The molecule has 0 spiro atoms. The molecule has 9 heteroatoms. The van der Waals surface area contributed by atoms with Crippen LogP contribution in [0.15, 0.2) is 24.3 Å². The summed E-state index contributed by atoms with van der Waals surface area (Å²) in [4.78, 5) is 10.6. The monoisotopic (exact) mass is 284 g/mol. The number of hydrogen-bond acceptors (Lipinski definition) is 5. The normalized spacial score (nSPS) is 12.0. The van der Waals surface area contributed by atoms with E-state index in [0.717, 1.165) is 19.1 Å². The van der Waals surface area contributed by atoms with Crippen LogP contribution < -0.4 is 8.92 Å². The molecule has 1 aromatic carbocycles. The number of ether oxygens (including phenoxy) is 1. The largest absolute Gasteiger partial charge is 0.534 e. The van der Waals surface area contributed by atoms with Gasteiger partial charge in [-0.25, -0.2) is 0 Å². The van der Waals surface area contributed by atoms with Crippen molar-refractivity contribution in [1.29, 1.82) is 0 Å². The molecule has 0 heterocycles. The van der Waals surface area contributed by atoms with Crippen LogP contribution in [0.25, 0.3) is 0 Å². The van der Waals surface area contributed by atoms with Crippen molar-refractivity contribution < 1.29 is 35.3 Å². The van der Waals surface area contributed by atoms with Crippen molar-refractivity contribution >= 4 is 16.1 Å². The maximum Gasteiger partial charge on any atom is 0.534 e.